The second kappa shape index (κ2) is 6.79. The fourth-order valence-corrected chi connectivity index (χ4v) is 4.48. The fraction of sp³-hybridized carbons (Fsp3) is 0.263. The third-order valence-electron chi connectivity index (χ3n) is 4.93. The van der Waals surface area contributed by atoms with Crippen LogP contribution in [0, 0.1) is 5.82 Å². The second-order valence-electron chi connectivity index (χ2n) is 6.48. The molecule has 27 heavy (non-hydrogen) atoms. The molecular formula is C19H18FN3O3S. The minimum atomic E-state index is -1.30. The van der Waals surface area contributed by atoms with E-state index in [-0.39, 0.29) is 10.9 Å². The average molecular weight is 387 g/mol. The molecule has 0 unspecified atom stereocenters. The Kier molecular flexibility index (Phi) is 4.45. The third-order valence-corrected chi connectivity index (χ3v) is 5.81. The summed E-state index contributed by atoms with van der Waals surface area (Å²) in [5.74, 6) is -1.81. The number of thiazole rings is 1. The van der Waals surface area contributed by atoms with Gasteiger partial charge in [0.05, 0.1) is 16.6 Å². The van der Waals surface area contributed by atoms with Crippen LogP contribution >= 0.6 is 11.3 Å². The Bertz CT molecular complexity index is 1110. The Morgan fingerprint density at radius 2 is 2.04 bits per heavy atom. The molecule has 3 aromatic rings. The molecular weight excluding hydrogens is 369 g/mol. The summed E-state index contributed by atoms with van der Waals surface area (Å²) in [4.78, 5) is 28.7. The van der Waals surface area contributed by atoms with E-state index in [4.69, 9.17) is 0 Å². The Hall–Kier alpha value is -2.71. The van der Waals surface area contributed by atoms with Gasteiger partial charge in [-0.1, -0.05) is 6.08 Å². The molecule has 1 N–H and O–H groups in total. The van der Waals surface area contributed by atoms with Crippen LogP contribution in [-0.4, -0.2) is 53.1 Å². The van der Waals surface area contributed by atoms with Gasteiger partial charge in [0.25, 0.3) is 0 Å². The summed E-state index contributed by atoms with van der Waals surface area (Å²) in [6.45, 7) is 7.49. The van der Waals surface area contributed by atoms with Gasteiger partial charge in [-0.2, -0.15) is 0 Å². The molecule has 3 heterocycles. The minimum Gasteiger partial charge on any atom is -0.477 e. The standard InChI is InChI=1S/C19H18FN3O3S/c1-2-3-21-4-6-22(7-5-21)15-11-14-12(10-13(15)20)17(24)16(19(25)26)18-23(14)8-9-27-18/h2,8-11H,1,3-7H2,(H,25,26). The van der Waals surface area contributed by atoms with Crippen molar-refractivity contribution in [2.45, 2.75) is 0 Å². The molecule has 0 bridgehead atoms. The van der Waals surface area contributed by atoms with E-state index >= 15 is 0 Å². The maximum Gasteiger partial charge on any atom is 0.342 e. The Labute approximate surface area is 158 Å². The first-order valence-corrected chi connectivity index (χ1v) is 9.46. The topological polar surface area (TPSA) is 65.3 Å². The van der Waals surface area contributed by atoms with Gasteiger partial charge in [0.15, 0.2) is 0 Å². The number of pyridine rings is 1. The van der Waals surface area contributed by atoms with Crippen LogP contribution in [0.15, 0.2) is 41.2 Å². The normalized spacial score (nSPS) is 15.5. The van der Waals surface area contributed by atoms with Crippen LogP contribution in [0.2, 0.25) is 0 Å². The second-order valence-corrected chi connectivity index (χ2v) is 7.38. The minimum absolute atomic E-state index is 0.0786. The lowest BCUT2D eigenvalue weighted by Gasteiger charge is -2.35. The quantitative estimate of drug-likeness (QED) is 0.698. The number of piperazine rings is 1. The molecule has 4 rings (SSSR count). The van der Waals surface area contributed by atoms with E-state index in [9.17, 15) is 19.1 Å². The molecule has 1 saturated heterocycles. The Morgan fingerprint density at radius 1 is 1.30 bits per heavy atom. The highest BCUT2D eigenvalue weighted by Gasteiger charge is 2.23. The number of carbonyl (C=O) groups is 1. The van der Waals surface area contributed by atoms with Gasteiger partial charge in [-0.05, 0) is 12.1 Å². The van der Waals surface area contributed by atoms with Crippen molar-refractivity contribution in [3.63, 3.8) is 0 Å². The number of hydrogen-bond donors (Lipinski definition) is 1. The molecule has 140 valence electrons. The number of halogens is 1. The number of aromatic nitrogens is 1. The summed E-state index contributed by atoms with van der Waals surface area (Å²) in [5.41, 5.74) is -0.0155. The average Bonchev–Trinajstić information content (AvgIpc) is 3.12. The third kappa shape index (κ3) is 2.90. The summed E-state index contributed by atoms with van der Waals surface area (Å²) in [6, 6.07) is 2.82. The molecule has 0 amide bonds. The molecule has 1 fully saturated rings. The summed E-state index contributed by atoms with van der Waals surface area (Å²) < 4.78 is 16.5. The van der Waals surface area contributed by atoms with Crippen LogP contribution in [0.3, 0.4) is 0 Å². The molecule has 2 aromatic heterocycles. The van der Waals surface area contributed by atoms with Gasteiger partial charge < -0.3 is 14.4 Å². The zero-order chi connectivity index (χ0) is 19.1. The van der Waals surface area contributed by atoms with E-state index in [1.54, 1.807) is 22.0 Å². The summed E-state index contributed by atoms with van der Waals surface area (Å²) in [6.07, 6.45) is 3.56. The van der Waals surface area contributed by atoms with Gasteiger partial charge >= 0.3 is 5.97 Å². The molecule has 1 aliphatic heterocycles. The van der Waals surface area contributed by atoms with Crippen molar-refractivity contribution in [3.05, 3.63) is 58.0 Å². The van der Waals surface area contributed by atoms with Crippen molar-refractivity contribution in [3.8, 4) is 0 Å². The highest BCUT2D eigenvalue weighted by Crippen LogP contribution is 2.28. The maximum absolute atomic E-state index is 14.8. The van der Waals surface area contributed by atoms with Crippen molar-refractivity contribution < 1.29 is 14.3 Å². The zero-order valence-electron chi connectivity index (χ0n) is 14.5. The molecule has 1 aliphatic rings. The van der Waals surface area contributed by atoms with Gasteiger partial charge in [-0.15, -0.1) is 17.9 Å². The lowest BCUT2D eigenvalue weighted by atomic mass is 10.1. The van der Waals surface area contributed by atoms with E-state index in [1.807, 2.05) is 11.0 Å². The molecule has 0 radical (unpaired) electrons. The van der Waals surface area contributed by atoms with Crippen LogP contribution in [-0.2, 0) is 0 Å². The van der Waals surface area contributed by atoms with Crippen LogP contribution in [0.25, 0.3) is 15.7 Å². The number of fused-ring (bicyclic) bond motifs is 3. The highest BCUT2D eigenvalue weighted by molar-refractivity contribution is 7.16. The van der Waals surface area contributed by atoms with Crippen molar-refractivity contribution in [1.29, 1.82) is 0 Å². The van der Waals surface area contributed by atoms with Crippen molar-refractivity contribution in [1.82, 2.24) is 9.30 Å². The number of hydrogen-bond acceptors (Lipinski definition) is 5. The molecule has 8 heteroatoms. The van der Waals surface area contributed by atoms with Crippen molar-refractivity contribution in [2.24, 2.45) is 0 Å². The van der Waals surface area contributed by atoms with Gasteiger partial charge in [0.1, 0.15) is 16.2 Å². The number of nitrogens with zero attached hydrogens (tertiary/aromatic N) is 3. The molecule has 0 atom stereocenters. The van der Waals surface area contributed by atoms with Gasteiger partial charge in [-0.3, -0.25) is 9.69 Å². The number of rotatable bonds is 4. The van der Waals surface area contributed by atoms with Crippen molar-refractivity contribution in [2.75, 3.05) is 37.6 Å². The van der Waals surface area contributed by atoms with E-state index in [2.05, 4.69) is 11.5 Å². The Balaban J connectivity index is 1.85. The first kappa shape index (κ1) is 17.7. The first-order chi connectivity index (χ1) is 13.0. The number of anilines is 1. The number of aromatic carboxylic acids is 1. The van der Waals surface area contributed by atoms with Crippen LogP contribution in [0.1, 0.15) is 10.4 Å². The van der Waals surface area contributed by atoms with E-state index in [0.29, 0.717) is 29.1 Å². The van der Waals surface area contributed by atoms with E-state index in [1.165, 1.54) is 17.4 Å². The Morgan fingerprint density at radius 3 is 2.70 bits per heavy atom. The van der Waals surface area contributed by atoms with Crippen LogP contribution < -0.4 is 10.3 Å². The van der Waals surface area contributed by atoms with Gasteiger partial charge in [0, 0.05) is 44.3 Å². The predicted octanol–water partition coefficient (Wildman–Crippen LogP) is 2.66. The molecule has 0 saturated carbocycles. The van der Waals surface area contributed by atoms with Gasteiger partial charge in [-0.25, -0.2) is 9.18 Å². The summed E-state index contributed by atoms with van der Waals surface area (Å²) in [7, 11) is 0. The number of benzene rings is 1. The fourth-order valence-electron chi connectivity index (χ4n) is 3.60. The highest BCUT2D eigenvalue weighted by atomic mass is 32.1. The lowest BCUT2D eigenvalue weighted by Crippen LogP contribution is -2.46. The first-order valence-electron chi connectivity index (χ1n) is 8.58. The molecule has 1 aromatic carbocycles. The molecule has 6 nitrogen and oxygen atoms in total. The maximum atomic E-state index is 14.8. The number of carboxylic acid groups (broad SMARTS) is 1. The van der Waals surface area contributed by atoms with Crippen LogP contribution in [0.5, 0.6) is 0 Å². The van der Waals surface area contributed by atoms with Crippen molar-refractivity contribution >= 4 is 38.7 Å². The smallest absolute Gasteiger partial charge is 0.342 e. The summed E-state index contributed by atoms with van der Waals surface area (Å²) in [5, 5.41) is 11.2. The zero-order valence-corrected chi connectivity index (χ0v) is 15.3. The summed E-state index contributed by atoms with van der Waals surface area (Å²) >= 11 is 1.18. The molecule has 0 aliphatic carbocycles. The lowest BCUT2D eigenvalue weighted by molar-refractivity contribution is 0.0697. The van der Waals surface area contributed by atoms with E-state index in [0.717, 1.165) is 19.6 Å². The van der Waals surface area contributed by atoms with Crippen LogP contribution in [0.4, 0.5) is 10.1 Å². The monoisotopic (exact) mass is 387 g/mol. The largest absolute Gasteiger partial charge is 0.477 e. The van der Waals surface area contributed by atoms with Gasteiger partial charge in [0.2, 0.25) is 5.43 Å². The predicted molar refractivity (Wildman–Crippen MR) is 105 cm³/mol. The van der Waals surface area contributed by atoms with E-state index < -0.39 is 17.2 Å². The molecule has 0 spiro atoms. The SMILES string of the molecule is C=CCN1CCN(c2cc3c(cc2F)c(=O)c(C(=O)O)c2sccn23)CC1. The number of carboxylic acids is 1.